The van der Waals surface area contributed by atoms with Gasteiger partial charge in [0.25, 0.3) is 10.1 Å². The number of rotatable bonds is 1. The molecule has 0 spiro atoms. The minimum atomic E-state index is -4.58. The smallest absolute Gasteiger partial charge is 0.871 e. The van der Waals surface area contributed by atoms with E-state index in [1.54, 1.807) is 0 Å². The molecule has 0 saturated heterocycles. The number of halogens is 2. The molecule has 1 N–H and O–H groups in total. The third-order valence-electron chi connectivity index (χ3n) is 1.23. The summed E-state index contributed by atoms with van der Waals surface area (Å²) in [7, 11) is -4.58. The van der Waals surface area contributed by atoms with Crippen molar-refractivity contribution in [3.05, 3.63) is 22.2 Å². The molecule has 0 unspecified atom stereocenters. The Hall–Kier alpha value is 0.510. The van der Waals surface area contributed by atoms with E-state index in [9.17, 15) is 13.5 Å². The van der Waals surface area contributed by atoms with Crippen LogP contribution in [0.25, 0.3) is 0 Å². The quantitative estimate of drug-likeness (QED) is 0.486. The van der Waals surface area contributed by atoms with E-state index < -0.39 is 20.8 Å². The van der Waals surface area contributed by atoms with Crippen LogP contribution in [0, 0.1) is 0 Å². The van der Waals surface area contributed by atoms with E-state index >= 15 is 0 Å². The molecule has 0 aliphatic rings. The van der Waals surface area contributed by atoms with Crippen LogP contribution < -0.4 is 34.7 Å². The van der Waals surface area contributed by atoms with E-state index in [4.69, 9.17) is 27.8 Å². The molecule has 0 aliphatic carbocycles. The first-order chi connectivity index (χ1) is 5.82. The molecule has 0 saturated carbocycles. The second-order valence-electron chi connectivity index (χ2n) is 2.19. The monoisotopic (exact) mass is 264 g/mol. The first-order valence-electron chi connectivity index (χ1n) is 2.96. The van der Waals surface area contributed by atoms with E-state index in [1.807, 2.05) is 0 Å². The predicted molar refractivity (Wildman–Crippen MR) is 45.7 cm³/mol. The van der Waals surface area contributed by atoms with Crippen molar-refractivity contribution in [2.75, 3.05) is 0 Å². The summed E-state index contributed by atoms with van der Waals surface area (Å²) in [5.41, 5.74) is 0. The molecule has 0 atom stereocenters. The van der Waals surface area contributed by atoms with Gasteiger partial charge in [-0.05, 0) is 12.1 Å². The van der Waals surface area contributed by atoms with Crippen molar-refractivity contribution in [2.45, 2.75) is 4.90 Å². The van der Waals surface area contributed by atoms with Gasteiger partial charge in [0.15, 0.2) is 0 Å². The molecule has 1 aromatic carbocycles. The Morgan fingerprint density at radius 3 is 2.14 bits per heavy atom. The van der Waals surface area contributed by atoms with Crippen molar-refractivity contribution in [3.8, 4) is 5.75 Å². The SMILES string of the molecule is O=S(=O)(O)c1c([O-])cc(Cl)cc1Cl.[Na+]. The molecule has 72 valence electrons. The molecule has 0 fully saturated rings. The molecule has 0 radical (unpaired) electrons. The van der Waals surface area contributed by atoms with Crippen LogP contribution in [0.3, 0.4) is 0 Å². The molecular formula is C6H3Cl2NaO4S. The molecule has 4 nitrogen and oxygen atoms in total. The fraction of sp³-hybridized carbons (Fsp3) is 0. The minimum Gasteiger partial charge on any atom is -0.871 e. The van der Waals surface area contributed by atoms with Crippen molar-refractivity contribution in [1.29, 1.82) is 0 Å². The van der Waals surface area contributed by atoms with Crippen molar-refractivity contribution < 1.29 is 47.6 Å². The Kier molecular flexibility index (Phi) is 5.21. The van der Waals surface area contributed by atoms with Crippen LogP contribution >= 0.6 is 23.2 Å². The van der Waals surface area contributed by atoms with Crippen molar-refractivity contribution in [3.63, 3.8) is 0 Å². The van der Waals surface area contributed by atoms with Crippen LogP contribution in [0.4, 0.5) is 0 Å². The average molecular weight is 265 g/mol. The molecule has 0 aliphatic heterocycles. The van der Waals surface area contributed by atoms with E-state index in [1.165, 1.54) is 0 Å². The van der Waals surface area contributed by atoms with Gasteiger partial charge in [0.2, 0.25) is 0 Å². The van der Waals surface area contributed by atoms with E-state index in [2.05, 4.69) is 0 Å². The van der Waals surface area contributed by atoms with Crippen LogP contribution in [0.2, 0.25) is 10.0 Å². The Balaban J connectivity index is 0.00000169. The van der Waals surface area contributed by atoms with Crippen molar-refractivity contribution in [2.24, 2.45) is 0 Å². The number of benzene rings is 1. The zero-order valence-electron chi connectivity index (χ0n) is 6.99. The van der Waals surface area contributed by atoms with Gasteiger partial charge < -0.3 is 5.11 Å². The summed E-state index contributed by atoms with van der Waals surface area (Å²) in [6.07, 6.45) is 0. The molecule has 0 aromatic heterocycles. The Morgan fingerprint density at radius 2 is 1.79 bits per heavy atom. The summed E-state index contributed by atoms with van der Waals surface area (Å²) in [5.74, 6) is -0.931. The fourth-order valence-electron chi connectivity index (χ4n) is 0.787. The molecule has 0 heterocycles. The van der Waals surface area contributed by atoms with Crippen LogP contribution in [-0.4, -0.2) is 13.0 Å². The van der Waals surface area contributed by atoms with E-state index in [0.29, 0.717) is 0 Å². The maximum Gasteiger partial charge on any atom is 1.00 e. The van der Waals surface area contributed by atoms with Gasteiger partial charge in [-0.1, -0.05) is 29.0 Å². The van der Waals surface area contributed by atoms with Crippen LogP contribution in [0.15, 0.2) is 17.0 Å². The summed E-state index contributed by atoms with van der Waals surface area (Å²) in [6, 6.07) is 1.92. The topological polar surface area (TPSA) is 77.4 Å². The minimum absolute atomic E-state index is 0. The Labute approximate surface area is 113 Å². The molecule has 14 heavy (non-hydrogen) atoms. The van der Waals surface area contributed by atoms with Gasteiger partial charge in [-0.15, -0.1) is 0 Å². The van der Waals surface area contributed by atoms with Gasteiger partial charge in [0.05, 0.1) is 5.02 Å². The number of hydrogen-bond donors (Lipinski definition) is 1. The van der Waals surface area contributed by atoms with Crippen molar-refractivity contribution >= 4 is 33.3 Å². The first kappa shape index (κ1) is 14.5. The van der Waals surface area contributed by atoms with Crippen LogP contribution in [0.1, 0.15) is 0 Å². The maximum absolute atomic E-state index is 11.0. The molecule has 0 amide bonds. The Morgan fingerprint density at radius 1 is 1.29 bits per heavy atom. The summed E-state index contributed by atoms with van der Waals surface area (Å²) < 4.78 is 29.8. The molecule has 0 bridgehead atoms. The molecule has 1 aromatic rings. The largest absolute Gasteiger partial charge is 1.00 e. The third-order valence-corrected chi connectivity index (χ3v) is 2.80. The van der Waals surface area contributed by atoms with Crippen LogP contribution in [-0.2, 0) is 10.1 Å². The first-order valence-corrected chi connectivity index (χ1v) is 5.15. The van der Waals surface area contributed by atoms with Gasteiger partial charge in [-0.3, -0.25) is 4.55 Å². The second-order valence-corrected chi connectivity index (χ2v) is 4.39. The maximum atomic E-state index is 11.0. The Bertz CT molecular complexity index is 422. The molecule has 8 heteroatoms. The predicted octanol–water partition coefficient (Wildman–Crippen LogP) is -1.68. The summed E-state index contributed by atoms with van der Waals surface area (Å²) in [6.45, 7) is 0. The van der Waals surface area contributed by atoms with E-state index in [0.717, 1.165) is 12.1 Å². The molecule has 1 rings (SSSR count). The zero-order valence-corrected chi connectivity index (χ0v) is 11.3. The second kappa shape index (κ2) is 5.03. The van der Waals surface area contributed by atoms with Gasteiger partial charge in [0, 0.05) is 5.02 Å². The summed E-state index contributed by atoms with van der Waals surface area (Å²) in [4.78, 5) is -0.849. The zero-order chi connectivity index (χ0) is 10.2. The standard InChI is InChI=1S/C6H4Cl2O4S.Na/c7-3-1-4(8)6(5(9)2-3)13(10,11)12;/h1-2,9H,(H,10,11,12);/q;+1/p-1. The normalized spacial score (nSPS) is 10.8. The van der Waals surface area contributed by atoms with Gasteiger partial charge in [-0.2, -0.15) is 8.42 Å². The fourth-order valence-corrected chi connectivity index (χ4v) is 2.17. The van der Waals surface area contributed by atoms with Crippen LogP contribution in [0.5, 0.6) is 5.75 Å². The summed E-state index contributed by atoms with van der Waals surface area (Å²) >= 11 is 10.8. The average Bonchev–Trinajstić information content (AvgIpc) is 1.78. The van der Waals surface area contributed by atoms with E-state index in [-0.39, 0.29) is 39.6 Å². The van der Waals surface area contributed by atoms with Gasteiger partial charge in [0.1, 0.15) is 4.90 Å². The van der Waals surface area contributed by atoms with Gasteiger partial charge >= 0.3 is 29.6 Å². The molecular weight excluding hydrogens is 262 g/mol. The third kappa shape index (κ3) is 3.27. The van der Waals surface area contributed by atoms with Gasteiger partial charge in [-0.25, -0.2) is 0 Å². The van der Waals surface area contributed by atoms with Crippen molar-refractivity contribution in [1.82, 2.24) is 0 Å². The summed E-state index contributed by atoms with van der Waals surface area (Å²) in [5, 5.41) is 10.6. The number of hydrogen-bond acceptors (Lipinski definition) is 3.